The number of benzene rings is 23. The molecule has 0 N–H and O–H groups in total. The van der Waals surface area contributed by atoms with Crippen LogP contribution in [-0.2, 0) is 25.9 Å². The summed E-state index contributed by atoms with van der Waals surface area (Å²) in [5.74, 6) is 0. The molecule has 0 radical (unpaired) electrons. The monoisotopic (exact) mass is 1980 g/mol. The minimum Gasteiger partial charge on any atom is -0.336 e. The summed E-state index contributed by atoms with van der Waals surface area (Å²) >= 11 is 0. The quantitative estimate of drug-likeness (QED) is 0.0532. The van der Waals surface area contributed by atoms with Gasteiger partial charge in [-0.25, -0.2) is 0 Å². The third-order valence-corrected chi connectivity index (χ3v) is 55.8. The van der Waals surface area contributed by atoms with E-state index in [2.05, 4.69) is 640 Å². The van der Waals surface area contributed by atoms with Crippen LogP contribution in [0.15, 0.2) is 631 Å². The van der Waals surface area contributed by atoms with Gasteiger partial charge in [-0.3, -0.25) is 0 Å². The van der Waals surface area contributed by atoms with Gasteiger partial charge in [-0.15, -0.1) is 0 Å². The van der Waals surface area contributed by atoms with Crippen molar-refractivity contribution in [3.63, 3.8) is 0 Å². The zero-order valence-corrected chi connectivity index (χ0v) is 88.3. The van der Waals surface area contributed by atoms with Crippen LogP contribution in [0.5, 0.6) is 0 Å². The van der Waals surface area contributed by atoms with Gasteiger partial charge in [0.05, 0.1) is 0 Å². The maximum Gasteiger partial charge on any atom is 0.180 e. The molecule has 27 rings (SSSR count). The van der Waals surface area contributed by atoms with Crippen molar-refractivity contribution in [2.45, 2.75) is 25.9 Å². The van der Waals surface area contributed by atoms with Gasteiger partial charge >= 0.3 is 0 Å². The molecule has 1 spiro atoms. The molecule has 2 aromatic heterocycles. The van der Waals surface area contributed by atoms with E-state index in [1.165, 1.54) is 160 Å². The summed E-state index contributed by atoms with van der Waals surface area (Å²) in [4.78, 5) is 0. The predicted molar refractivity (Wildman–Crippen MR) is 647 cm³/mol. The SMILES string of the molecule is c1ccc([Si](c2ccccc2)(c2ccccc2)c2ccc([Si](c3ccccc3)(c3ccccc3)c3ccccc3)cc2)cc1.c1ccc([Si](c2ccccc2)(c2ccccc2)c2cccc([Si](c3ccccc3)(c3ccccc3)c3ccccc3)c2)cc1.c1ccc2c(c1)Cc1ccccc1[Si]21c2ccccc2Cc2ccccc21.c1ccc2c(c1)c1ccccc1n2Cc1ccc(Cn2c3ccccc3c3ccccc32)cc1. The lowest BCUT2D eigenvalue weighted by Gasteiger charge is -2.44. The summed E-state index contributed by atoms with van der Waals surface area (Å²) in [5.41, 5.74) is 13.8. The highest BCUT2D eigenvalue weighted by Crippen LogP contribution is 2.34. The average Bonchev–Trinajstić information content (AvgIpc) is 1.39. The molecule has 0 fully saturated rings. The largest absolute Gasteiger partial charge is 0.336 e. The molecule has 2 aliphatic heterocycles. The molecule has 4 heterocycles. The van der Waals surface area contributed by atoms with Gasteiger partial charge in [-0.05, 0) is 174 Å². The van der Waals surface area contributed by atoms with Crippen molar-refractivity contribution in [2.24, 2.45) is 0 Å². The van der Waals surface area contributed by atoms with Crippen molar-refractivity contribution in [3.05, 3.63) is 664 Å². The third kappa shape index (κ3) is 17.0. The summed E-state index contributed by atoms with van der Waals surface area (Å²) < 4.78 is 4.87. The smallest absolute Gasteiger partial charge is 0.180 e. The van der Waals surface area contributed by atoms with Crippen molar-refractivity contribution >= 4 is 188 Å². The van der Waals surface area contributed by atoms with Gasteiger partial charge in [0.15, 0.2) is 40.4 Å². The Bertz CT molecular complexity index is 7790. The van der Waals surface area contributed by atoms with Crippen LogP contribution in [0.3, 0.4) is 0 Å². The lowest BCUT2D eigenvalue weighted by Crippen LogP contribution is -2.79. The fourth-order valence-electron chi connectivity index (χ4n) is 25.1. The molecule has 7 heteroatoms. The number of fused-ring (bicyclic) bond motifs is 14. The summed E-state index contributed by atoms with van der Waals surface area (Å²) in [5, 5.41) is 33.9. The third-order valence-electron chi connectivity index (χ3n) is 31.5. The van der Waals surface area contributed by atoms with Gasteiger partial charge in [0, 0.05) is 56.7 Å². The Balaban J connectivity index is 0.000000108. The van der Waals surface area contributed by atoms with Crippen LogP contribution >= 0.6 is 0 Å². The first-order chi connectivity index (χ1) is 73.9. The summed E-state index contributed by atoms with van der Waals surface area (Å²) in [6.07, 6.45) is 2.09. The standard InChI is InChI=1S/2C42H34Si2.C32H24N2.C26H20Si/c1-7-20-35(21-8-1)43(36-22-9-2-10-23-36,37-24-11-3-12-25-37)41-32-19-33-42(34-41)44(38-26-13-4-14-27-38,39-28-15-5-16-29-39)40-30-17-6-18-31-40;1-7-19-35(20-8-1)43(36-21-9-2-10-22-36,37-23-11-3-12-24-37)41-31-33-42(34-32-41)44(38-25-13-4-14-26-38,39-27-15-5-16-28-39)40-29-17-6-18-30-40;1-5-13-29-25(9-1)26-10-2-6-14-30(26)33(29)21-23-17-19-24(20-18-23)22-34-31-15-7-3-11-27(31)28-12-4-8-16-32(28)34;1-5-13-23-19(9-1)17-20-10-2-6-14-24(20)27(23)25-15-7-3-11-21(25)18-22-12-4-8-16-26(22)27/h2*1-34H;1-20H,21-22H2;1-16H,17-18H2. The van der Waals surface area contributed by atoms with Crippen molar-refractivity contribution < 1.29 is 0 Å². The molecule has 2 nitrogen and oxygen atoms in total. The molecular weight excluding hydrogens is 1870 g/mol. The van der Waals surface area contributed by atoms with Crippen LogP contribution in [0.2, 0.25) is 0 Å². The maximum absolute atomic E-state index is 2.69. The molecule has 0 saturated carbocycles. The van der Waals surface area contributed by atoms with E-state index >= 15 is 0 Å². The van der Waals surface area contributed by atoms with Crippen LogP contribution in [0.1, 0.15) is 33.4 Å². The van der Waals surface area contributed by atoms with Crippen LogP contribution in [0.25, 0.3) is 43.6 Å². The van der Waals surface area contributed by atoms with Gasteiger partial charge < -0.3 is 9.13 Å². The Kier molecular flexibility index (Phi) is 26.5. The van der Waals surface area contributed by atoms with Crippen LogP contribution in [0.4, 0.5) is 0 Å². The first-order valence-electron chi connectivity index (χ1n) is 52.2. The van der Waals surface area contributed by atoms with E-state index in [0.717, 1.165) is 25.9 Å². The molecule has 710 valence electrons. The van der Waals surface area contributed by atoms with E-state index in [0.29, 0.717) is 0 Å². The van der Waals surface area contributed by atoms with Gasteiger partial charge in [-0.2, -0.15) is 0 Å². The van der Waals surface area contributed by atoms with Crippen LogP contribution in [-0.4, -0.2) is 49.5 Å². The second kappa shape index (κ2) is 42.1. The zero-order valence-electron chi connectivity index (χ0n) is 83.3. The molecule has 0 bridgehead atoms. The number of hydrogen-bond donors (Lipinski definition) is 0. The minimum atomic E-state index is -2.69. The Labute approximate surface area is 880 Å². The van der Waals surface area contributed by atoms with Crippen molar-refractivity contribution in [1.29, 1.82) is 0 Å². The predicted octanol–water partition coefficient (Wildman–Crippen LogP) is 19.8. The first kappa shape index (κ1) is 94.0. The number of hydrogen-bond acceptors (Lipinski definition) is 0. The van der Waals surface area contributed by atoms with E-state index < -0.39 is 40.4 Å². The molecule has 23 aromatic carbocycles. The van der Waals surface area contributed by atoms with Gasteiger partial charge in [0.2, 0.25) is 0 Å². The molecule has 25 aromatic rings. The highest BCUT2D eigenvalue weighted by molar-refractivity contribution is 7.23. The van der Waals surface area contributed by atoms with E-state index in [1.54, 1.807) is 20.7 Å². The maximum atomic E-state index is 2.58. The molecule has 0 amide bonds. The highest BCUT2D eigenvalue weighted by Gasteiger charge is 2.52. The highest BCUT2D eigenvalue weighted by atomic mass is 28.3. The molecule has 149 heavy (non-hydrogen) atoms. The number of para-hydroxylation sites is 4. The van der Waals surface area contributed by atoms with E-state index in [-0.39, 0.29) is 0 Å². The molecule has 0 unspecified atom stereocenters. The Morgan fingerprint density at radius 1 is 0.141 bits per heavy atom. The minimum absolute atomic E-state index is 0.865. The molecule has 2 aliphatic rings. The zero-order chi connectivity index (χ0) is 99.7. The molecule has 0 saturated heterocycles. The lowest BCUT2D eigenvalue weighted by atomic mass is 10.0. The summed E-state index contributed by atoms with van der Waals surface area (Å²) in [6.45, 7) is 1.73. The van der Waals surface area contributed by atoms with Crippen LogP contribution in [0, 0.1) is 0 Å². The number of aromatic nitrogens is 2. The van der Waals surface area contributed by atoms with E-state index in [1.807, 2.05) is 0 Å². The van der Waals surface area contributed by atoms with Gasteiger partial charge in [-0.1, -0.05) is 607 Å². The fourth-order valence-corrected chi connectivity index (χ4v) is 50.1. The van der Waals surface area contributed by atoms with Crippen molar-refractivity contribution in [1.82, 2.24) is 9.13 Å². The molecule has 0 atom stereocenters. The normalized spacial score (nSPS) is 12.3. The van der Waals surface area contributed by atoms with E-state index in [9.17, 15) is 0 Å². The van der Waals surface area contributed by atoms with Crippen LogP contribution < -0.4 is 104 Å². The second-order valence-electron chi connectivity index (χ2n) is 39.3. The van der Waals surface area contributed by atoms with Gasteiger partial charge in [0.1, 0.15) is 0 Å². The van der Waals surface area contributed by atoms with Gasteiger partial charge in [0.25, 0.3) is 0 Å². The molecule has 0 aliphatic carbocycles. The number of nitrogens with zero attached hydrogens (tertiary/aromatic N) is 2. The fraction of sp³-hybridized carbons (Fsp3) is 0.0282. The first-order valence-corrected chi connectivity index (χ1v) is 62.2. The summed E-state index contributed by atoms with van der Waals surface area (Å²) in [7, 11) is -12.8. The van der Waals surface area contributed by atoms with E-state index in [4.69, 9.17) is 0 Å². The lowest BCUT2D eigenvalue weighted by molar-refractivity contribution is 0.852. The Morgan fingerprint density at radius 3 is 0.497 bits per heavy atom. The second-order valence-corrected chi connectivity index (χ2v) is 58.2. The summed E-state index contributed by atoms with van der Waals surface area (Å²) in [6, 6.07) is 235. The topological polar surface area (TPSA) is 9.86 Å². The number of rotatable bonds is 20. The average molecular weight is 1990 g/mol. The molecular formula is C142H112N2Si5. The Hall–Kier alpha value is -17.3. The Morgan fingerprint density at radius 2 is 0.295 bits per heavy atom. The van der Waals surface area contributed by atoms with Crippen molar-refractivity contribution in [2.75, 3.05) is 0 Å². The van der Waals surface area contributed by atoms with Crippen molar-refractivity contribution in [3.8, 4) is 0 Å².